The fraction of sp³-hybridized carbons (Fsp3) is 0.368. The van der Waals surface area contributed by atoms with E-state index >= 15 is 0 Å². The molecule has 21 heavy (non-hydrogen) atoms. The molecule has 0 saturated heterocycles. The summed E-state index contributed by atoms with van der Waals surface area (Å²) in [5, 5.41) is 0. The summed E-state index contributed by atoms with van der Waals surface area (Å²) in [5.74, 6) is 0.922. The molecule has 0 aromatic heterocycles. The molecule has 0 spiro atoms. The zero-order valence-electron chi connectivity index (χ0n) is 13.4. The first kappa shape index (κ1) is 15.6. The number of ether oxygens (including phenoxy) is 1. The lowest BCUT2D eigenvalue weighted by Gasteiger charge is -2.26. The average Bonchev–Trinajstić information content (AvgIpc) is 2.47. The van der Waals surface area contributed by atoms with Gasteiger partial charge in [0.25, 0.3) is 0 Å². The van der Waals surface area contributed by atoms with Crippen LogP contribution in [0.3, 0.4) is 0 Å². The smallest absolute Gasteiger partial charge is 0.139 e. The molecule has 112 valence electrons. The van der Waals surface area contributed by atoms with E-state index in [0.29, 0.717) is 0 Å². The Labute approximate surface area is 127 Å². The van der Waals surface area contributed by atoms with Crippen LogP contribution in [0.5, 0.6) is 5.75 Å². The monoisotopic (exact) mass is 283 g/mol. The largest absolute Gasteiger partial charge is 0.484 e. The minimum atomic E-state index is -0.115. The molecular formula is C19H25NO. The Morgan fingerprint density at radius 3 is 2.38 bits per heavy atom. The Hall–Kier alpha value is -1.80. The maximum Gasteiger partial charge on any atom is 0.139 e. The molecule has 2 atom stereocenters. The van der Waals surface area contributed by atoms with E-state index in [2.05, 4.69) is 70.2 Å². The average molecular weight is 283 g/mol. The molecule has 0 fully saturated rings. The zero-order valence-corrected chi connectivity index (χ0v) is 13.4. The number of rotatable bonds is 5. The summed E-state index contributed by atoms with van der Waals surface area (Å²) in [6, 6.07) is 14.7. The van der Waals surface area contributed by atoms with Crippen LogP contribution in [0.15, 0.2) is 42.5 Å². The van der Waals surface area contributed by atoms with E-state index < -0.39 is 0 Å². The minimum absolute atomic E-state index is 0.0216. The fourth-order valence-corrected chi connectivity index (χ4v) is 2.43. The summed E-state index contributed by atoms with van der Waals surface area (Å²) in [5.41, 5.74) is 11.0. The Balaban J connectivity index is 2.35. The van der Waals surface area contributed by atoms with Gasteiger partial charge in [-0.3, -0.25) is 0 Å². The Kier molecular flexibility index (Phi) is 5.03. The van der Waals surface area contributed by atoms with E-state index in [1.54, 1.807) is 0 Å². The highest BCUT2D eigenvalue weighted by Crippen LogP contribution is 2.29. The molecule has 0 aliphatic carbocycles. The first-order valence-corrected chi connectivity index (χ1v) is 7.57. The number of nitrogens with two attached hydrogens (primary N) is 1. The predicted molar refractivity (Wildman–Crippen MR) is 88.7 cm³/mol. The van der Waals surface area contributed by atoms with Gasteiger partial charge in [-0.2, -0.15) is 0 Å². The van der Waals surface area contributed by atoms with Crippen molar-refractivity contribution < 1.29 is 4.74 Å². The topological polar surface area (TPSA) is 35.2 Å². The van der Waals surface area contributed by atoms with E-state index in [0.717, 1.165) is 23.3 Å². The van der Waals surface area contributed by atoms with Crippen molar-refractivity contribution in [3.05, 3.63) is 64.7 Å². The van der Waals surface area contributed by atoms with Gasteiger partial charge in [-0.1, -0.05) is 48.9 Å². The van der Waals surface area contributed by atoms with Gasteiger partial charge < -0.3 is 10.5 Å². The minimum Gasteiger partial charge on any atom is -0.484 e. The van der Waals surface area contributed by atoms with Crippen molar-refractivity contribution in [3.8, 4) is 5.75 Å². The molecular weight excluding hydrogens is 258 g/mol. The van der Waals surface area contributed by atoms with Crippen LogP contribution in [0.1, 0.15) is 41.7 Å². The van der Waals surface area contributed by atoms with Crippen molar-refractivity contribution in [2.75, 3.05) is 0 Å². The number of benzene rings is 2. The van der Waals surface area contributed by atoms with Crippen LogP contribution < -0.4 is 10.5 Å². The number of aryl methyl sites for hydroxylation is 3. The van der Waals surface area contributed by atoms with Crippen molar-refractivity contribution in [1.29, 1.82) is 0 Å². The van der Waals surface area contributed by atoms with E-state index in [-0.39, 0.29) is 12.1 Å². The Bertz CT molecular complexity index is 606. The van der Waals surface area contributed by atoms with Gasteiger partial charge in [-0.15, -0.1) is 0 Å². The second-order valence-corrected chi connectivity index (χ2v) is 5.79. The van der Waals surface area contributed by atoms with Crippen molar-refractivity contribution in [2.24, 2.45) is 5.73 Å². The summed E-state index contributed by atoms with van der Waals surface area (Å²) < 4.78 is 6.29. The molecule has 2 nitrogen and oxygen atoms in total. The SMILES string of the molecule is CCC(N)C(Oc1cc(C)ccc1C)c1cccc(C)c1. The van der Waals surface area contributed by atoms with Gasteiger partial charge in [0, 0.05) is 6.04 Å². The molecule has 2 aromatic rings. The van der Waals surface area contributed by atoms with Crippen molar-refractivity contribution >= 4 is 0 Å². The zero-order chi connectivity index (χ0) is 15.4. The van der Waals surface area contributed by atoms with Gasteiger partial charge in [0.2, 0.25) is 0 Å². The summed E-state index contributed by atoms with van der Waals surface area (Å²) in [6.07, 6.45) is 0.763. The summed E-state index contributed by atoms with van der Waals surface area (Å²) in [4.78, 5) is 0. The lowest BCUT2D eigenvalue weighted by atomic mass is 9.99. The lowest BCUT2D eigenvalue weighted by molar-refractivity contribution is 0.170. The van der Waals surface area contributed by atoms with Crippen LogP contribution in [-0.4, -0.2) is 6.04 Å². The quantitative estimate of drug-likeness (QED) is 0.878. The third-order valence-corrected chi connectivity index (χ3v) is 3.83. The van der Waals surface area contributed by atoms with Gasteiger partial charge in [0.1, 0.15) is 11.9 Å². The van der Waals surface area contributed by atoms with Crippen LogP contribution >= 0.6 is 0 Å². The predicted octanol–water partition coefficient (Wildman–Crippen LogP) is 4.47. The number of hydrogen-bond acceptors (Lipinski definition) is 2. The third-order valence-electron chi connectivity index (χ3n) is 3.83. The molecule has 2 N–H and O–H groups in total. The van der Waals surface area contributed by atoms with E-state index in [1.165, 1.54) is 11.1 Å². The maximum absolute atomic E-state index is 6.31. The van der Waals surface area contributed by atoms with Crippen molar-refractivity contribution in [3.63, 3.8) is 0 Å². The van der Waals surface area contributed by atoms with Crippen LogP contribution in [0.2, 0.25) is 0 Å². The molecule has 2 rings (SSSR count). The van der Waals surface area contributed by atoms with E-state index in [9.17, 15) is 0 Å². The maximum atomic E-state index is 6.31. The molecule has 2 aromatic carbocycles. The molecule has 2 heteroatoms. The van der Waals surface area contributed by atoms with Crippen LogP contribution in [0.4, 0.5) is 0 Å². The molecule has 0 aliphatic heterocycles. The van der Waals surface area contributed by atoms with Gasteiger partial charge in [0.15, 0.2) is 0 Å². The second-order valence-electron chi connectivity index (χ2n) is 5.79. The fourth-order valence-electron chi connectivity index (χ4n) is 2.43. The molecule has 0 heterocycles. The first-order valence-electron chi connectivity index (χ1n) is 7.57. The molecule has 0 bridgehead atoms. The lowest BCUT2D eigenvalue weighted by Crippen LogP contribution is -2.31. The molecule has 2 unspecified atom stereocenters. The standard InChI is InChI=1S/C19H25NO/c1-5-17(20)19(16-8-6-7-13(2)11-16)21-18-12-14(3)9-10-15(18)4/h6-12,17,19H,5,20H2,1-4H3. The Morgan fingerprint density at radius 2 is 1.71 bits per heavy atom. The van der Waals surface area contributed by atoms with Crippen molar-refractivity contribution in [2.45, 2.75) is 46.3 Å². The van der Waals surface area contributed by atoms with Gasteiger partial charge >= 0.3 is 0 Å². The third kappa shape index (κ3) is 3.85. The highest BCUT2D eigenvalue weighted by atomic mass is 16.5. The van der Waals surface area contributed by atoms with Gasteiger partial charge in [0.05, 0.1) is 0 Å². The first-order chi connectivity index (χ1) is 10.0. The highest BCUT2D eigenvalue weighted by Gasteiger charge is 2.21. The normalized spacial score (nSPS) is 13.8. The van der Waals surface area contributed by atoms with Crippen LogP contribution in [-0.2, 0) is 0 Å². The van der Waals surface area contributed by atoms with Crippen molar-refractivity contribution in [1.82, 2.24) is 0 Å². The van der Waals surface area contributed by atoms with Gasteiger partial charge in [-0.25, -0.2) is 0 Å². The van der Waals surface area contributed by atoms with Crippen LogP contribution in [0, 0.1) is 20.8 Å². The number of hydrogen-bond donors (Lipinski definition) is 1. The van der Waals surface area contributed by atoms with E-state index in [1.807, 2.05) is 0 Å². The summed E-state index contributed by atoms with van der Waals surface area (Å²) in [7, 11) is 0. The summed E-state index contributed by atoms with van der Waals surface area (Å²) >= 11 is 0. The summed E-state index contributed by atoms with van der Waals surface area (Å²) in [6.45, 7) is 8.34. The molecule has 0 saturated carbocycles. The van der Waals surface area contributed by atoms with E-state index in [4.69, 9.17) is 10.5 Å². The van der Waals surface area contributed by atoms with Crippen LogP contribution in [0.25, 0.3) is 0 Å². The molecule has 0 aliphatic rings. The molecule has 0 amide bonds. The second kappa shape index (κ2) is 6.77. The Morgan fingerprint density at radius 1 is 1.00 bits per heavy atom. The molecule has 0 radical (unpaired) electrons. The highest BCUT2D eigenvalue weighted by molar-refractivity contribution is 5.37. The van der Waals surface area contributed by atoms with Gasteiger partial charge in [-0.05, 0) is 49.9 Å².